The lowest BCUT2D eigenvalue weighted by Gasteiger charge is -2.21. The maximum absolute atomic E-state index is 5.65. The van der Waals surface area contributed by atoms with Gasteiger partial charge in [0, 0.05) is 16.7 Å². The van der Waals surface area contributed by atoms with Gasteiger partial charge in [-0.25, -0.2) is 4.98 Å². The zero-order chi connectivity index (χ0) is 25.7. The van der Waals surface area contributed by atoms with Crippen molar-refractivity contribution >= 4 is 11.3 Å². The Morgan fingerprint density at radius 2 is 0.857 bits per heavy atom. The van der Waals surface area contributed by atoms with Gasteiger partial charge in [-0.1, -0.05) is 138 Å². The van der Waals surface area contributed by atoms with Crippen LogP contribution in [-0.4, -0.2) is 4.98 Å². The molecule has 35 heavy (non-hydrogen) atoms. The Balaban J connectivity index is 3.36. The molecule has 1 unspecified atom stereocenters. The van der Waals surface area contributed by atoms with E-state index in [2.05, 4.69) is 52.9 Å². The van der Waals surface area contributed by atoms with Gasteiger partial charge in [-0.3, -0.25) is 0 Å². The van der Waals surface area contributed by atoms with E-state index in [1.54, 1.807) is 10.6 Å². The zero-order valence-corrected chi connectivity index (χ0v) is 25.8. The number of rotatable bonds is 24. The number of unbranched alkanes of at least 4 members (excludes halogenated alkanes) is 9. The molecule has 0 bridgehead atoms. The van der Waals surface area contributed by atoms with Gasteiger partial charge in [-0.2, -0.15) is 0 Å². The minimum absolute atomic E-state index is 0.696. The van der Waals surface area contributed by atoms with Crippen molar-refractivity contribution in [3.8, 4) is 0 Å². The zero-order valence-electron chi connectivity index (χ0n) is 24.9. The van der Waals surface area contributed by atoms with E-state index in [9.17, 15) is 0 Å². The molecule has 0 amide bonds. The third kappa shape index (κ3) is 13.1. The third-order valence-corrected chi connectivity index (χ3v) is 9.39. The van der Waals surface area contributed by atoms with Crippen molar-refractivity contribution < 1.29 is 0 Å². The van der Waals surface area contributed by atoms with Gasteiger partial charge in [0.05, 0.1) is 10.7 Å². The highest BCUT2D eigenvalue weighted by atomic mass is 32.1. The van der Waals surface area contributed by atoms with Crippen LogP contribution in [0.3, 0.4) is 0 Å². The molecular formula is C33H63NS. The van der Waals surface area contributed by atoms with Crippen LogP contribution in [0.1, 0.15) is 210 Å². The van der Waals surface area contributed by atoms with E-state index in [1.807, 2.05) is 0 Å². The first-order chi connectivity index (χ1) is 17.2. The molecule has 1 heterocycles. The molecule has 0 aromatic carbocycles. The lowest BCUT2D eigenvalue weighted by Crippen LogP contribution is -2.08. The fourth-order valence-corrected chi connectivity index (χ4v) is 7.09. The largest absolute Gasteiger partial charge is 0.245 e. The van der Waals surface area contributed by atoms with Gasteiger partial charge in [-0.05, 0) is 44.4 Å². The Bertz CT molecular complexity index is 576. The smallest absolute Gasteiger partial charge is 0.0962 e. The van der Waals surface area contributed by atoms with Crippen molar-refractivity contribution in [2.75, 3.05) is 0 Å². The summed E-state index contributed by atoms with van der Waals surface area (Å²) in [6.07, 6.45) is 28.4. The second-order valence-electron chi connectivity index (χ2n) is 11.3. The van der Waals surface area contributed by atoms with Gasteiger partial charge in [0.25, 0.3) is 0 Å². The Morgan fingerprint density at radius 1 is 0.457 bits per heavy atom. The average Bonchev–Trinajstić information content (AvgIpc) is 3.30. The summed E-state index contributed by atoms with van der Waals surface area (Å²) in [6.45, 7) is 14.1. The maximum atomic E-state index is 5.65. The van der Waals surface area contributed by atoms with Gasteiger partial charge in [0.15, 0.2) is 0 Å². The Kier molecular flexibility index (Phi) is 20.2. The summed E-state index contributed by atoms with van der Waals surface area (Å²) in [4.78, 5) is 7.38. The van der Waals surface area contributed by atoms with Crippen molar-refractivity contribution in [3.05, 3.63) is 15.6 Å². The molecule has 0 fully saturated rings. The molecule has 0 aliphatic rings. The molecule has 0 aliphatic heterocycles. The van der Waals surface area contributed by atoms with Crippen LogP contribution in [0, 0.1) is 0 Å². The molecule has 0 N–H and O–H groups in total. The minimum atomic E-state index is 0.696. The van der Waals surface area contributed by atoms with E-state index in [1.165, 1.54) is 140 Å². The second-order valence-corrected chi connectivity index (χ2v) is 12.4. The van der Waals surface area contributed by atoms with Crippen molar-refractivity contribution in [2.24, 2.45) is 0 Å². The average molecular weight is 506 g/mol. The monoisotopic (exact) mass is 505 g/mol. The highest BCUT2D eigenvalue weighted by molar-refractivity contribution is 7.12. The summed E-state index contributed by atoms with van der Waals surface area (Å²) in [5.41, 5.74) is 1.58. The van der Waals surface area contributed by atoms with E-state index < -0.39 is 0 Å². The molecule has 206 valence electrons. The molecule has 2 heteroatoms. The van der Waals surface area contributed by atoms with Gasteiger partial charge < -0.3 is 0 Å². The van der Waals surface area contributed by atoms with E-state index in [0.29, 0.717) is 11.8 Å². The van der Waals surface area contributed by atoms with Gasteiger partial charge in [-0.15, -0.1) is 11.3 Å². The van der Waals surface area contributed by atoms with Crippen molar-refractivity contribution in [1.29, 1.82) is 0 Å². The molecule has 0 aliphatic carbocycles. The van der Waals surface area contributed by atoms with E-state index in [0.717, 1.165) is 5.92 Å². The lowest BCUT2D eigenvalue weighted by molar-refractivity contribution is 0.475. The molecule has 0 radical (unpaired) electrons. The predicted octanol–water partition coefficient (Wildman–Crippen LogP) is 12.7. The quantitative estimate of drug-likeness (QED) is 0.127. The number of hydrogen-bond acceptors (Lipinski definition) is 2. The van der Waals surface area contributed by atoms with Crippen LogP contribution >= 0.6 is 11.3 Å². The van der Waals surface area contributed by atoms with Crippen LogP contribution in [-0.2, 0) is 0 Å². The highest BCUT2D eigenvalue weighted by Crippen LogP contribution is 2.43. The molecule has 1 nitrogen and oxygen atoms in total. The minimum Gasteiger partial charge on any atom is -0.245 e. The normalized spacial score (nSPS) is 12.8. The van der Waals surface area contributed by atoms with Crippen molar-refractivity contribution in [3.63, 3.8) is 0 Å². The van der Waals surface area contributed by atoms with Crippen molar-refractivity contribution in [1.82, 2.24) is 4.98 Å². The Labute approximate surface area is 225 Å². The van der Waals surface area contributed by atoms with Crippen LogP contribution in [0.15, 0.2) is 0 Å². The maximum Gasteiger partial charge on any atom is 0.0962 e. The molecule has 1 atom stereocenters. The van der Waals surface area contributed by atoms with E-state index in [4.69, 9.17) is 4.98 Å². The standard InChI is InChI=1S/C33H63NS/c1-7-13-19-21-27-28(26-20-14-8-2)31-32(29(22-15-9-3)23-16-10-4)35-33(34-31)30(24-17-11-5)25-18-12-6/h28-30H,7-27H2,1-6H3. The topological polar surface area (TPSA) is 12.9 Å². The predicted molar refractivity (Wildman–Crippen MR) is 161 cm³/mol. The molecule has 1 aromatic heterocycles. The van der Waals surface area contributed by atoms with Gasteiger partial charge in [0.2, 0.25) is 0 Å². The van der Waals surface area contributed by atoms with Gasteiger partial charge >= 0.3 is 0 Å². The first kappa shape index (κ1) is 32.7. The Hall–Kier alpha value is -0.370. The van der Waals surface area contributed by atoms with Crippen molar-refractivity contribution in [2.45, 2.75) is 194 Å². The van der Waals surface area contributed by atoms with Crippen LogP contribution in [0.2, 0.25) is 0 Å². The molecule has 0 saturated carbocycles. The first-order valence-corrected chi connectivity index (χ1v) is 17.0. The van der Waals surface area contributed by atoms with Crippen LogP contribution in [0.5, 0.6) is 0 Å². The summed E-state index contributed by atoms with van der Waals surface area (Å²) in [6, 6.07) is 0. The first-order valence-electron chi connectivity index (χ1n) is 16.2. The summed E-state index contributed by atoms with van der Waals surface area (Å²) in [5.74, 6) is 2.14. The lowest BCUT2D eigenvalue weighted by atomic mass is 9.86. The third-order valence-electron chi connectivity index (χ3n) is 7.99. The molecule has 0 saturated heterocycles. The summed E-state index contributed by atoms with van der Waals surface area (Å²) >= 11 is 2.18. The molecule has 1 aromatic rings. The molecule has 1 rings (SSSR count). The number of hydrogen-bond donors (Lipinski definition) is 0. The van der Waals surface area contributed by atoms with Gasteiger partial charge in [0.1, 0.15) is 0 Å². The number of thiazole rings is 1. The van der Waals surface area contributed by atoms with Crippen LogP contribution in [0.25, 0.3) is 0 Å². The highest BCUT2D eigenvalue weighted by Gasteiger charge is 2.27. The summed E-state index contributed by atoms with van der Waals surface area (Å²) in [7, 11) is 0. The molecular weight excluding hydrogens is 442 g/mol. The van der Waals surface area contributed by atoms with Crippen LogP contribution < -0.4 is 0 Å². The van der Waals surface area contributed by atoms with E-state index in [-0.39, 0.29) is 0 Å². The van der Waals surface area contributed by atoms with E-state index >= 15 is 0 Å². The summed E-state index contributed by atoms with van der Waals surface area (Å²) in [5, 5.41) is 1.52. The fraction of sp³-hybridized carbons (Fsp3) is 0.909. The van der Waals surface area contributed by atoms with Crippen LogP contribution in [0.4, 0.5) is 0 Å². The molecule has 0 spiro atoms. The number of aromatic nitrogens is 1. The SMILES string of the molecule is CCCCCCC(CCCCC)c1nc(C(CCCC)CCCC)sc1C(CCCC)CCCC. The summed E-state index contributed by atoms with van der Waals surface area (Å²) < 4.78 is 0. The second kappa shape index (κ2) is 21.7. The Morgan fingerprint density at radius 3 is 1.34 bits per heavy atom. The fourth-order valence-electron chi connectivity index (χ4n) is 5.60. The number of nitrogens with zero attached hydrogens (tertiary/aromatic N) is 1.